The highest BCUT2D eigenvalue weighted by Crippen LogP contribution is 2.10. The minimum atomic E-state index is -0.476. The molecule has 0 bridgehead atoms. The number of guanidine groups is 1. The van der Waals surface area contributed by atoms with Gasteiger partial charge in [0, 0.05) is 37.9 Å². The van der Waals surface area contributed by atoms with E-state index in [4.69, 9.17) is 4.74 Å². The van der Waals surface area contributed by atoms with Crippen LogP contribution in [0.1, 0.15) is 32.9 Å². The highest BCUT2D eigenvalue weighted by molar-refractivity contribution is 7.15. The van der Waals surface area contributed by atoms with Crippen LogP contribution in [0.25, 0.3) is 4.96 Å². The predicted molar refractivity (Wildman–Crippen MR) is 100 cm³/mol. The van der Waals surface area contributed by atoms with Crippen molar-refractivity contribution in [2.75, 3.05) is 20.1 Å². The van der Waals surface area contributed by atoms with Crippen LogP contribution in [0.15, 0.2) is 22.8 Å². The van der Waals surface area contributed by atoms with Crippen molar-refractivity contribution in [3.05, 3.63) is 23.5 Å². The fourth-order valence-electron chi connectivity index (χ4n) is 2.06. The van der Waals surface area contributed by atoms with Crippen LogP contribution in [0.3, 0.4) is 0 Å². The van der Waals surface area contributed by atoms with Crippen LogP contribution >= 0.6 is 11.3 Å². The molecule has 1 amide bonds. The number of nitrogens with zero attached hydrogens (tertiary/aromatic N) is 3. The lowest BCUT2D eigenvalue weighted by molar-refractivity contribution is 0.0527. The number of alkyl carbamates (subject to hydrolysis) is 1. The highest BCUT2D eigenvalue weighted by atomic mass is 32.1. The first kappa shape index (κ1) is 19.0. The molecule has 25 heavy (non-hydrogen) atoms. The minimum absolute atomic E-state index is 0.394. The van der Waals surface area contributed by atoms with Gasteiger partial charge in [-0.1, -0.05) is 0 Å². The molecule has 2 heterocycles. The summed E-state index contributed by atoms with van der Waals surface area (Å²) in [6.07, 6.45) is 4.35. The van der Waals surface area contributed by atoms with Gasteiger partial charge in [-0.05, 0) is 27.2 Å². The first-order valence-corrected chi connectivity index (χ1v) is 9.08. The Kier molecular flexibility index (Phi) is 6.63. The lowest BCUT2D eigenvalue weighted by atomic mass is 10.2. The molecule has 9 heteroatoms. The van der Waals surface area contributed by atoms with Crippen molar-refractivity contribution in [2.45, 2.75) is 39.3 Å². The van der Waals surface area contributed by atoms with E-state index in [2.05, 4.69) is 25.9 Å². The first-order valence-electron chi connectivity index (χ1n) is 8.20. The molecule has 0 fully saturated rings. The van der Waals surface area contributed by atoms with Gasteiger partial charge in [-0.3, -0.25) is 9.39 Å². The topological polar surface area (TPSA) is 92.0 Å². The van der Waals surface area contributed by atoms with Crippen LogP contribution in [0.2, 0.25) is 0 Å². The van der Waals surface area contributed by atoms with E-state index in [1.54, 1.807) is 18.4 Å². The van der Waals surface area contributed by atoms with Gasteiger partial charge in [-0.25, -0.2) is 9.78 Å². The van der Waals surface area contributed by atoms with Crippen LogP contribution in [0.5, 0.6) is 0 Å². The molecular weight excluding hydrogens is 340 g/mol. The Morgan fingerprint density at radius 2 is 2.08 bits per heavy atom. The van der Waals surface area contributed by atoms with E-state index in [0.29, 0.717) is 25.6 Å². The first-order chi connectivity index (χ1) is 11.9. The number of thiazole rings is 1. The molecule has 0 aliphatic heterocycles. The molecule has 0 aliphatic carbocycles. The smallest absolute Gasteiger partial charge is 0.407 e. The Hall–Kier alpha value is -2.29. The maximum absolute atomic E-state index is 11.5. The number of nitrogens with one attached hydrogen (secondary N) is 3. The maximum atomic E-state index is 11.5. The van der Waals surface area contributed by atoms with E-state index in [-0.39, 0.29) is 0 Å². The van der Waals surface area contributed by atoms with Crippen molar-refractivity contribution < 1.29 is 9.53 Å². The van der Waals surface area contributed by atoms with E-state index >= 15 is 0 Å². The molecule has 0 saturated carbocycles. The number of aromatic nitrogens is 2. The molecule has 0 atom stereocenters. The average Bonchev–Trinajstić information content (AvgIpc) is 3.09. The Bertz CT molecular complexity index is 687. The van der Waals surface area contributed by atoms with Crippen molar-refractivity contribution in [1.29, 1.82) is 0 Å². The van der Waals surface area contributed by atoms with Crippen LogP contribution in [0, 0.1) is 0 Å². The van der Waals surface area contributed by atoms with Crippen LogP contribution in [-0.2, 0) is 11.3 Å². The standard InChI is InChI=1S/C16H26N6O2S/c1-16(2,3)24-15(23)19-7-5-6-18-13(17-4)20-10-12-11-22-8-9-25-14(22)21-12/h8-9,11H,5-7,10H2,1-4H3,(H,19,23)(H2,17,18,20). The number of aliphatic imine (C=N–C) groups is 1. The van der Waals surface area contributed by atoms with E-state index in [0.717, 1.165) is 17.1 Å². The molecule has 138 valence electrons. The van der Waals surface area contributed by atoms with Gasteiger partial charge in [-0.2, -0.15) is 0 Å². The van der Waals surface area contributed by atoms with Gasteiger partial charge in [0.15, 0.2) is 10.9 Å². The van der Waals surface area contributed by atoms with E-state index in [9.17, 15) is 4.79 Å². The summed E-state index contributed by atoms with van der Waals surface area (Å²) in [6.45, 7) is 7.35. The van der Waals surface area contributed by atoms with Gasteiger partial charge in [0.25, 0.3) is 0 Å². The zero-order valence-electron chi connectivity index (χ0n) is 15.1. The largest absolute Gasteiger partial charge is 0.444 e. The van der Waals surface area contributed by atoms with Gasteiger partial charge >= 0.3 is 6.09 Å². The fourth-order valence-corrected chi connectivity index (χ4v) is 2.77. The number of ether oxygens (including phenoxy) is 1. The lowest BCUT2D eigenvalue weighted by Gasteiger charge is -2.19. The number of rotatable bonds is 6. The Morgan fingerprint density at radius 3 is 2.76 bits per heavy atom. The van der Waals surface area contributed by atoms with Crippen LogP contribution in [0.4, 0.5) is 4.79 Å². The summed E-state index contributed by atoms with van der Waals surface area (Å²) in [4.78, 5) is 21.2. The quantitative estimate of drug-likeness (QED) is 0.413. The molecule has 2 aromatic heterocycles. The number of fused-ring (bicyclic) bond motifs is 1. The molecule has 3 N–H and O–H groups in total. The Morgan fingerprint density at radius 1 is 1.32 bits per heavy atom. The maximum Gasteiger partial charge on any atom is 0.407 e. The van der Waals surface area contributed by atoms with Gasteiger partial charge in [0.05, 0.1) is 12.2 Å². The third-order valence-corrected chi connectivity index (χ3v) is 3.89. The van der Waals surface area contributed by atoms with Gasteiger partial charge in [-0.15, -0.1) is 11.3 Å². The number of hydrogen-bond donors (Lipinski definition) is 3. The molecule has 2 rings (SSSR count). The summed E-state index contributed by atoms with van der Waals surface area (Å²) in [6, 6.07) is 0. The molecule has 0 radical (unpaired) electrons. The van der Waals surface area contributed by atoms with Gasteiger partial charge in [0.1, 0.15) is 5.60 Å². The zero-order chi connectivity index (χ0) is 18.3. The summed E-state index contributed by atoms with van der Waals surface area (Å²) >= 11 is 1.61. The van der Waals surface area contributed by atoms with E-state index in [1.165, 1.54) is 0 Å². The van der Waals surface area contributed by atoms with Crippen molar-refractivity contribution in [3.8, 4) is 0 Å². The molecular formula is C16H26N6O2S. The third kappa shape index (κ3) is 6.61. The number of amides is 1. The zero-order valence-corrected chi connectivity index (χ0v) is 15.9. The van der Waals surface area contributed by atoms with Crippen molar-refractivity contribution in [3.63, 3.8) is 0 Å². The average molecular weight is 366 g/mol. The Labute approximate surface area is 151 Å². The van der Waals surface area contributed by atoms with Crippen LogP contribution < -0.4 is 16.0 Å². The Balaban J connectivity index is 1.62. The fraction of sp³-hybridized carbons (Fsp3) is 0.562. The number of carbonyl (C=O) groups excluding carboxylic acids is 1. The summed E-state index contributed by atoms with van der Waals surface area (Å²) in [7, 11) is 1.72. The van der Waals surface area contributed by atoms with Crippen molar-refractivity contribution in [2.24, 2.45) is 4.99 Å². The molecule has 0 unspecified atom stereocenters. The molecule has 8 nitrogen and oxygen atoms in total. The number of carbonyl (C=O) groups is 1. The second kappa shape index (κ2) is 8.70. The molecule has 2 aromatic rings. The second-order valence-corrected chi connectivity index (χ2v) is 7.33. The molecule has 0 aromatic carbocycles. The second-order valence-electron chi connectivity index (χ2n) is 6.46. The molecule has 0 saturated heterocycles. The van der Waals surface area contributed by atoms with Gasteiger partial charge in [0.2, 0.25) is 0 Å². The molecule has 0 aliphatic rings. The van der Waals surface area contributed by atoms with Crippen molar-refractivity contribution in [1.82, 2.24) is 25.3 Å². The summed E-state index contributed by atoms with van der Waals surface area (Å²) in [5.41, 5.74) is 0.483. The number of hydrogen-bond acceptors (Lipinski definition) is 5. The van der Waals surface area contributed by atoms with E-state index in [1.807, 2.05) is 42.9 Å². The minimum Gasteiger partial charge on any atom is -0.444 e. The lowest BCUT2D eigenvalue weighted by Crippen LogP contribution is -2.39. The summed E-state index contributed by atoms with van der Waals surface area (Å²) in [5.74, 6) is 0.702. The van der Waals surface area contributed by atoms with Crippen LogP contribution in [-0.4, -0.2) is 47.2 Å². The number of imidazole rings is 1. The van der Waals surface area contributed by atoms with Crippen molar-refractivity contribution >= 4 is 28.4 Å². The monoisotopic (exact) mass is 366 g/mol. The normalized spacial score (nSPS) is 12.2. The third-order valence-electron chi connectivity index (χ3n) is 3.12. The highest BCUT2D eigenvalue weighted by Gasteiger charge is 2.15. The van der Waals surface area contributed by atoms with Gasteiger partial charge < -0.3 is 20.7 Å². The summed E-state index contributed by atoms with van der Waals surface area (Å²) < 4.78 is 7.18. The summed E-state index contributed by atoms with van der Waals surface area (Å²) in [5, 5.41) is 11.2. The van der Waals surface area contributed by atoms with E-state index < -0.39 is 11.7 Å². The molecule has 0 spiro atoms. The SMILES string of the molecule is CN=C(NCCCNC(=O)OC(C)(C)C)NCc1cn2ccsc2n1. The predicted octanol–water partition coefficient (Wildman–Crippen LogP) is 1.98.